The number of hydrogen-bond donors (Lipinski definition) is 6. The second-order valence-electron chi connectivity index (χ2n) is 5.44. The van der Waals surface area contributed by atoms with Gasteiger partial charge in [-0.05, 0) is 13.8 Å². The fourth-order valence-electron chi connectivity index (χ4n) is 1.69. The number of amidine groups is 2. The molecule has 0 aromatic heterocycles. The van der Waals surface area contributed by atoms with Gasteiger partial charge in [0.2, 0.25) is 0 Å². The molecule has 0 aromatic carbocycles. The van der Waals surface area contributed by atoms with Crippen molar-refractivity contribution in [2.45, 2.75) is 51.6 Å². The van der Waals surface area contributed by atoms with Crippen LogP contribution in [0.15, 0.2) is 10.2 Å². The average Bonchev–Trinajstić information content (AvgIpc) is 2.44. The number of nitrogens with zero attached hydrogens (tertiary/aromatic N) is 2. The summed E-state index contributed by atoms with van der Waals surface area (Å²) in [6, 6.07) is -0.460. The number of carboxylic acids is 2. The minimum Gasteiger partial charge on any atom is -0.481 e. The third-order valence-corrected chi connectivity index (χ3v) is 2.81. The van der Waals surface area contributed by atoms with E-state index in [-0.39, 0.29) is 49.7 Å². The van der Waals surface area contributed by atoms with Crippen LogP contribution < -0.4 is 10.6 Å². The third kappa shape index (κ3) is 13.2. The van der Waals surface area contributed by atoms with E-state index in [1.54, 1.807) is 13.8 Å². The van der Waals surface area contributed by atoms with Crippen molar-refractivity contribution in [3.05, 3.63) is 0 Å². The number of azo groups is 1. The fourth-order valence-corrected chi connectivity index (χ4v) is 1.69. The molecule has 0 aliphatic rings. The van der Waals surface area contributed by atoms with E-state index in [1.807, 2.05) is 0 Å². The lowest BCUT2D eigenvalue weighted by Gasteiger charge is -2.11. The van der Waals surface area contributed by atoms with Gasteiger partial charge in [-0.3, -0.25) is 20.4 Å². The molecule has 0 heterocycles. The molecule has 0 spiro atoms. The highest BCUT2D eigenvalue weighted by Gasteiger charge is 2.08. The molecule has 0 radical (unpaired) electrons. The topological polar surface area (TPSA) is 171 Å². The number of carbonyl (C=O) groups is 2. The molecule has 2 atom stereocenters. The zero-order chi connectivity index (χ0) is 18.5. The summed E-state index contributed by atoms with van der Waals surface area (Å²) >= 11 is 0. The van der Waals surface area contributed by atoms with Gasteiger partial charge in [-0.1, -0.05) is 0 Å². The first-order chi connectivity index (χ1) is 11.2. The minimum absolute atomic E-state index is 0.0493. The van der Waals surface area contributed by atoms with Crippen LogP contribution in [0.5, 0.6) is 0 Å². The van der Waals surface area contributed by atoms with E-state index in [9.17, 15) is 9.59 Å². The van der Waals surface area contributed by atoms with Crippen molar-refractivity contribution >= 4 is 23.6 Å². The molecule has 2 unspecified atom stereocenters. The molecular formula is C14H26N6O4. The summed E-state index contributed by atoms with van der Waals surface area (Å²) in [5.74, 6) is -1.43. The van der Waals surface area contributed by atoms with Crippen molar-refractivity contribution in [1.29, 1.82) is 10.8 Å². The SMILES string of the molecule is CC(CC(=N)NCCC(=O)O)/N=N/C(C)CC(=N)NCCC(=O)O. The predicted molar refractivity (Wildman–Crippen MR) is 89.0 cm³/mol. The Bertz CT molecular complexity index is 438. The summed E-state index contributed by atoms with van der Waals surface area (Å²) in [7, 11) is 0. The van der Waals surface area contributed by atoms with Crippen LogP contribution in [-0.2, 0) is 9.59 Å². The molecule has 0 aliphatic carbocycles. The Kier molecular flexibility index (Phi) is 10.7. The van der Waals surface area contributed by atoms with Gasteiger partial charge in [0, 0.05) is 25.9 Å². The zero-order valence-electron chi connectivity index (χ0n) is 14.0. The summed E-state index contributed by atoms with van der Waals surface area (Å²) in [6.07, 6.45) is 0.549. The van der Waals surface area contributed by atoms with Crippen LogP contribution >= 0.6 is 0 Å². The summed E-state index contributed by atoms with van der Waals surface area (Å²) in [6.45, 7) is 3.99. The molecule has 0 saturated carbocycles. The Hall–Kier alpha value is -2.52. The summed E-state index contributed by atoms with van der Waals surface area (Å²) < 4.78 is 0. The van der Waals surface area contributed by atoms with Crippen LogP contribution in [-0.4, -0.2) is 59.0 Å². The second-order valence-corrected chi connectivity index (χ2v) is 5.44. The monoisotopic (exact) mass is 342 g/mol. The van der Waals surface area contributed by atoms with Crippen molar-refractivity contribution in [3.63, 3.8) is 0 Å². The van der Waals surface area contributed by atoms with Gasteiger partial charge in [-0.25, -0.2) is 0 Å². The van der Waals surface area contributed by atoms with Gasteiger partial charge >= 0.3 is 11.9 Å². The quantitative estimate of drug-likeness (QED) is 0.176. The van der Waals surface area contributed by atoms with Gasteiger partial charge in [0.15, 0.2) is 0 Å². The Morgan fingerprint density at radius 1 is 0.875 bits per heavy atom. The molecule has 136 valence electrons. The van der Waals surface area contributed by atoms with Crippen molar-refractivity contribution in [1.82, 2.24) is 10.6 Å². The predicted octanol–water partition coefficient (Wildman–Crippen LogP) is 1.08. The van der Waals surface area contributed by atoms with E-state index in [1.165, 1.54) is 0 Å². The maximum absolute atomic E-state index is 10.4. The number of carboxylic acid groups (broad SMARTS) is 2. The van der Waals surface area contributed by atoms with Gasteiger partial charge in [-0.15, -0.1) is 0 Å². The number of hydrogen-bond acceptors (Lipinski definition) is 6. The Balaban J connectivity index is 3.99. The lowest BCUT2D eigenvalue weighted by atomic mass is 10.2. The van der Waals surface area contributed by atoms with E-state index < -0.39 is 11.9 Å². The highest BCUT2D eigenvalue weighted by molar-refractivity contribution is 5.80. The van der Waals surface area contributed by atoms with Gasteiger partial charge < -0.3 is 20.8 Å². The Morgan fingerprint density at radius 2 is 1.21 bits per heavy atom. The molecule has 0 rings (SSSR count). The lowest BCUT2D eigenvalue weighted by Crippen LogP contribution is -2.28. The number of rotatable bonds is 12. The maximum Gasteiger partial charge on any atom is 0.305 e. The average molecular weight is 342 g/mol. The van der Waals surface area contributed by atoms with E-state index in [0.717, 1.165) is 0 Å². The first-order valence-corrected chi connectivity index (χ1v) is 7.66. The second kappa shape index (κ2) is 12.0. The van der Waals surface area contributed by atoms with Crippen LogP contribution in [0.3, 0.4) is 0 Å². The highest BCUT2D eigenvalue weighted by atomic mass is 16.4. The molecule has 10 heteroatoms. The van der Waals surface area contributed by atoms with Crippen molar-refractivity contribution in [3.8, 4) is 0 Å². The molecule has 24 heavy (non-hydrogen) atoms. The van der Waals surface area contributed by atoms with Crippen molar-refractivity contribution < 1.29 is 19.8 Å². The molecule has 0 fully saturated rings. The third-order valence-electron chi connectivity index (χ3n) is 2.81. The van der Waals surface area contributed by atoms with E-state index >= 15 is 0 Å². The largest absolute Gasteiger partial charge is 0.481 e. The minimum atomic E-state index is -0.920. The van der Waals surface area contributed by atoms with Crippen LogP contribution in [0.1, 0.15) is 39.5 Å². The molecule has 0 bridgehead atoms. The van der Waals surface area contributed by atoms with E-state index in [4.69, 9.17) is 21.0 Å². The van der Waals surface area contributed by atoms with Crippen LogP contribution in [0.2, 0.25) is 0 Å². The van der Waals surface area contributed by atoms with Crippen molar-refractivity contribution in [2.24, 2.45) is 10.2 Å². The van der Waals surface area contributed by atoms with E-state index in [2.05, 4.69) is 20.9 Å². The normalized spacial score (nSPS) is 13.2. The van der Waals surface area contributed by atoms with Gasteiger partial charge in [0.25, 0.3) is 0 Å². The van der Waals surface area contributed by atoms with Crippen molar-refractivity contribution in [2.75, 3.05) is 13.1 Å². The molecule has 10 nitrogen and oxygen atoms in total. The molecule has 0 aliphatic heterocycles. The van der Waals surface area contributed by atoms with Crippen LogP contribution in [0.4, 0.5) is 0 Å². The molecule has 0 amide bonds. The molecule has 0 aromatic rings. The zero-order valence-corrected chi connectivity index (χ0v) is 14.0. The molecule has 0 saturated heterocycles. The van der Waals surface area contributed by atoms with Gasteiger partial charge in [0.1, 0.15) is 0 Å². The molecule has 6 N–H and O–H groups in total. The summed E-state index contributed by atoms with van der Waals surface area (Å²) in [5.41, 5.74) is 0. The van der Waals surface area contributed by atoms with Gasteiger partial charge in [0.05, 0.1) is 36.6 Å². The number of aliphatic carboxylic acids is 2. The maximum atomic E-state index is 10.4. The Morgan fingerprint density at radius 3 is 1.50 bits per heavy atom. The lowest BCUT2D eigenvalue weighted by molar-refractivity contribution is -0.137. The van der Waals surface area contributed by atoms with Crippen LogP contribution in [0, 0.1) is 10.8 Å². The fraction of sp³-hybridized carbons (Fsp3) is 0.714. The van der Waals surface area contributed by atoms with E-state index in [0.29, 0.717) is 12.8 Å². The summed E-state index contributed by atoms with van der Waals surface area (Å²) in [4.78, 5) is 20.7. The first kappa shape index (κ1) is 21.5. The smallest absolute Gasteiger partial charge is 0.305 e. The number of nitrogens with one attached hydrogen (secondary N) is 4. The Labute approximate surface area is 140 Å². The van der Waals surface area contributed by atoms with Gasteiger partial charge in [-0.2, -0.15) is 10.2 Å². The molecular weight excluding hydrogens is 316 g/mol. The highest BCUT2D eigenvalue weighted by Crippen LogP contribution is 2.03. The standard InChI is InChI=1S/C14H26N6O4/c1-9(7-11(15)17-5-3-13(21)22)19-20-10(2)8-12(16)18-6-4-14(23)24/h9-10H,3-8H2,1-2H3,(H2,15,17)(H2,16,18)(H,21,22)(H,23,24)/b20-19+. The van der Waals surface area contributed by atoms with Crippen LogP contribution in [0.25, 0.3) is 0 Å². The first-order valence-electron chi connectivity index (χ1n) is 7.66. The summed E-state index contributed by atoms with van der Waals surface area (Å²) in [5, 5.41) is 45.9.